The maximum atomic E-state index is 13.9. The van der Waals surface area contributed by atoms with Gasteiger partial charge in [0.2, 0.25) is 41.4 Å². The van der Waals surface area contributed by atoms with E-state index in [0.29, 0.717) is 25.1 Å². The summed E-state index contributed by atoms with van der Waals surface area (Å²) in [7, 11) is -4.72. The number of carbonyl (C=O) groups excluding carboxylic acids is 7. The van der Waals surface area contributed by atoms with Crippen molar-refractivity contribution in [2.24, 2.45) is 23.1 Å². The SMILES string of the molecule is CC(C)C[C@H](NC(=O)[C@@H]1CCCN1C(=O)CCOCCOCCNC(=O)[C@@H](N)CS)C(=O)N[C@@H](Cc1cnc[nH]1)C(=O)N[C@@H](CO)C(=O)N[C@H](C(N)=O)[C@@H](C)OP(=O)(O)OCCCN. The number of ether oxygens (including phenoxy) is 2. The minimum Gasteiger partial charge on any atom is -0.394 e. The predicted molar refractivity (Wildman–Crippen MR) is 232 cm³/mol. The van der Waals surface area contributed by atoms with Crippen LogP contribution in [0.5, 0.6) is 0 Å². The zero-order chi connectivity index (χ0) is 47.8. The standard InChI is InChI=1S/C37H66N11O14PS/c1-22(2)16-26(45-37(56)29-6-4-10-48(29)30(50)7-12-59-14-15-60-13-9-42-33(52)25(39)20-64)34(53)44-27(17-24-18-41-21-43-24)35(54)46-28(19-49)36(55)47-31(32(40)51)23(3)62-63(57,58)61-11-5-8-38/h18,21-23,25-29,31,49,64H,4-17,19-20,38-39H2,1-3H3,(H2,40,51)(H,41,43)(H,42,52)(H,44,53)(H,45,56)(H,46,54)(H,47,55)(H,57,58)/t23-,25+,26+,27+,28+,29+,31+/m1/s1. The molecule has 0 aliphatic carbocycles. The second-order valence-corrected chi connectivity index (χ2v) is 17.0. The van der Waals surface area contributed by atoms with Crippen LogP contribution in [0.3, 0.4) is 0 Å². The fraction of sp³-hybridized carbons (Fsp3) is 0.730. The van der Waals surface area contributed by atoms with Gasteiger partial charge in [0.05, 0.1) is 64.5 Å². The number of aliphatic hydroxyl groups is 1. The van der Waals surface area contributed by atoms with Gasteiger partial charge in [0.25, 0.3) is 0 Å². The summed E-state index contributed by atoms with van der Waals surface area (Å²) < 4.78 is 33.0. The first kappa shape index (κ1) is 55.9. The Labute approximate surface area is 377 Å². The molecule has 0 aromatic carbocycles. The zero-order valence-electron chi connectivity index (χ0n) is 36.4. The number of imidazole rings is 1. The molecule has 1 aliphatic rings. The number of primary amides is 1. The maximum absolute atomic E-state index is 13.9. The minimum absolute atomic E-state index is 0.0140. The van der Waals surface area contributed by atoms with Crippen molar-refractivity contribution >= 4 is 61.8 Å². The van der Waals surface area contributed by atoms with Crippen molar-refractivity contribution in [2.75, 3.05) is 65.0 Å². The molecule has 27 heteroatoms. The van der Waals surface area contributed by atoms with Crippen molar-refractivity contribution in [2.45, 2.75) is 102 Å². The highest BCUT2D eigenvalue weighted by molar-refractivity contribution is 7.80. The fourth-order valence-corrected chi connectivity index (χ4v) is 7.33. The molecule has 1 unspecified atom stereocenters. The number of thiol groups is 1. The van der Waals surface area contributed by atoms with E-state index in [1.807, 2.05) is 13.8 Å². The Balaban J connectivity index is 2.06. The van der Waals surface area contributed by atoms with Crippen LogP contribution in [0.15, 0.2) is 12.5 Å². The van der Waals surface area contributed by atoms with Gasteiger partial charge >= 0.3 is 7.82 Å². The largest absolute Gasteiger partial charge is 0.472 e. The first-order valence-electron chi connectivity index (χ1n) is 20.9. The summed E-state index contributed by atoms with van der Waals surface area (Å²) in [4.78, 5) is 110. The predicted octanol–water partition coefficient (Wildman–Crippen LogP) is -3.93. The molecule has 2 rings (SSSR count). The number of aromatic nitrogens is 2. The van der Waals surface area contributed by atoms with E-state index in [9.17, 15) is 48.1 Å². The van der Waals surface area contributed by atoms with Crippen LogP contribution >= 0.6 is 20.5 Å². The quantitative estimate of drug-likeness (QED) is 0.0186. The van der Waals surface area contributed by atoms with Gasteiger partial charge in [-0.05, 0) is 45.1 Å². The van der Waals surface area contributed by atoms with E-state index < -0.39 is 86.3 Å². The van der Waals surface area contributed by atoms with Gasteiger partial charge in [-0.1, -0.05) is 13.8 Å². The topological polar surface area (TPSA) is 384 Å². The first-order chi connectivity index (χ1) is 30.3. The number of rotatable bonds is 32. The monoisotopic (exact) mass is 951 g/mol. The number of amides is 7. The van der Waals surface area contributed by atoms with Gasteiger partial charge in [-0.15, -0.1) is 0 Å². The number of likely N-dealkylation sites (tertiary alicyclic amines) is 1. The van der Waals surface area contributed by atoms with Gasteiger partial charge in [0.1, 0.15) is 30.2 Å². The molecule has 0 saturated carbocycles. The Morgan fingerprint density at radius 2 is 1.61 bits per heavy atom. The summed E-state index contributed by atoms with van der Waals surface area (Å²) in [5, 5.41) is 22.6. The van der Waals surface area contributed by atoms with Gasteiger partial charge in [0.15, 0.2) is 0 Å². The third kappa shape index (κ3) is 20.3. The van der Waals surface area contributed by atoms with E-state index in [0.717, 1.165) is 6.92 Å². The molecule has 364 valence electrons. The molecule has 14 N–H and O–H groups in total. The second kappa shape index (κ2) is 29.3. The molecule has 1 aromatic heterocycles. The van der Waals surface area contributed by atoms with E-state index in [2.05, 4.69) is 49.2 Å². The number of aromatic amines is 1. The highest BCUT2D eigenvalue weighted by Gasteiger charge is 2.38. The first-order valence-corrected chi connectivity index (χ1v) is 23.0. The Kier molecular flexibility index (Phi) is 25.6. The Bertz CT molecular complexity index is 1700. The third-order valence-electron chi connectivity index (χ3n) is 9.53. The summed E-state index contributed by atoms with van der Waals surface area (Å²) in [6.07, 6.45) is 2.26. The number of hydrogen-bond acceptors (Lipinski definition) is 17. The molecule has 1 fully saturated rings. The number of phosphoric acid groups is 1. The second-order valence-electron chi connectivity index (χ2n) is 15.2. The van der Waals surface area contributed by atoms with Gasteiger partial charge < -0.3 is 73.1 Å². The molecule has 1 saturated heterocycles. The average Bonchev–Trinajstić information content (AvgIpc) is 3.96. The molecule has 0 spiro atoms. The molecule has 1 aromatic rings. The Hall–Kier alpha value is -4.24. The molecular weight excluding hydrogens is 886 g/mol. The number of nitrogens with zero attached hydrogens (tertiary/aromatic N) is 2. The smallest absolute Gasteiger partial charge is 0.394 e. The third-order valence-corrected chi connectivity index (χ3v) is 11.0. The number of H-pyrrole nitrogens is 1. The normalized spacial score (nSPS) is 17.6. The number of aliphatic hydroxyl groups excluding tert-OH is 1. The van der Waals surface area contributed by atoms with E-state index >= 15 is 0 Å². The summed E-state index contributed by atoms with van der Waals surface area (Å²) in [5.74, 6) is -5.18. The Morgan fingerprint density at radius 3 is 2.22 bits per heavy atom. The van der Waals surface area contributed by atoms with E-state index in [1.54, 1.807) is 0 Å². The molecule has 0 bridgehead atoms. The zero-order valence-corrected chi connectivity index (χ0v) is 38.2. The molecule has 7 amide bonds. The van der Waals surface area contributed by atoms with Crippen molar-refractivity contribution in [3.63, 3.8) is 0 Å². The van der Waals surface area contributed by atoms with Gasteiger partial charge in [-0.2, -0.15) is 12.6 Å². The van der Waals surface area contributed by atoms with Crippen LogP contribution < -0.4 is 43.8 Å². The highest BCUT2D eigenvalue weighted by atomic mass is 32.1. The fourth-order valence-electron chi connectivity index (χ4n) is 6.20. The minimum atomic E-state index is -4.72. The lowest BCUT2D eigenvalue weighted by atomic mass is 10.0. The summed E-state index contributed by atoms with van der Waals surface area (Å²) in [6, 6.07) is -7.63. The lowest BCUT2D eigenvalue weighted by molar-refractivity contribution is -0.140. The Morgan fingerprint density at radius 1 is 0.953 bits per heavy atom. The van der Waals surface area contributed by atoms with E-state index in [1.165, 1.54) is 17.4 Å². The molecular formula is C37H66N11O14PS. The lowest BCUT2D eigenvalue weighted by Crippen LogP contribution is -2.61. The number of carbonyl (C=O) groups is 7. The molecule has 1 aliphatic heterocycles. The number of nitrogens with two attached hydrogens (primary N) is 3. The summed E-state index contributed by atoms with van der Waals surface area (Å²) in [6.45, 7) is 5.01. The van der Waals surface area contributed by atoms with Crippen molar-refractivity contribution < 1.29 is 66.6 Å². The van der Waals surface area contributed by atoms with E-state index in [4.69, 9.17) is 35.7 Å². The van der Waals surface area contributed by atoms with Crippen LogP contribution in [-0.4, -0.2) is 174 Å². The molecule has 0 radical (unpaired) electrons. The molecule has 64 heavy (non-hydrogen) atoms. The van der Waals surface area contributed by atoms with Gasteiger partial charge in [-0.3, -0.25) is 42.6 Å². The van der Waals surface area contributed by atoms with Crippen molar-refractivity contribution in [3.8, 4) is 0 Å². The van der Waals surface area contributed by atoms with Gasteiger partial charge in [0, 0.05) is 37.2 Å². The molecule has 8 atom stereocenters. The van der Waals surface area contributed by atoms with Crippen LogP contribution in [0.4, 0.5) is 0 Å². The molecule has 25 nitrogen and oxygen atoms in total. The van der Waals surface area contributed by atoms with Crippen LogP contribution in [0, 0.1) is 5.92 Å². The van der Waals surface area contributed by atoms with Crippen molar-refractivity contribution in [3.05, 3.63) is 18.2 Å². The number of phosphoric ester groups is 1. The van der Waals surface area contributed by atoms with Crippen LogP contribution in [0.1, 0.15) is 58.6 Å². The maximum Gasteiger partial charge on any atom is 0.472 e. The number of hydrogen-bond donors (Lipinski definition) is 12. The average molecular weight is 952 g/mol. The van der Waals surface area contributed by atoms with Crippen molar-refractivity contribution in [1.82, 2.24) is 41.5 Å². The van der Waals surface area contributed by atoms with Crippen molar-refractivity contribution in [1.29, 1.82) is 0 Å². The van der Waals surface area contributed by atoms with Crippen LogP contribution in [-0.2, 0) is 63.1 Å². The summed E-state index contributed by atoms with van der Waals surface area (Å²) >= 11 is 3.98. The van der Waals surface area contributed by atoms with Gasteiger partial charge in [-0.25, -0.2) is 9.55 Å². The molecule has 2 heterocycles. The lowest BCUT2D eigenvalue weighted by Gasteiger charge is -2.29. The van der Waals surface area contributed by atoms with E-state index in [-0.39, 0.29) is 95.3 Å². The van der Waals surface area contributed by atoms with Crippen LogP contribution in [0.25, 0.3) is 0 Å². The highest BCUT2D eigenvalue weighted by Crippen LogP contribution is 2.45. The van der Waals surface area contributed by atoms with Crippen LogP contribution in [0.2, 0.25) is 0 Å². The number of nitrogens with one attached hydrogen (secondary N) is 6. The summed E-state index contributed by atoms with van der Waals surface area (Å²) in [5.41, 5.74) is 16.8.